The molecule has 1 atom stereocenters. The van der Waals surface area contributed by atoms with Crippen molar-refractivity contribution in [2.45, 2.75) is 6.92 Å². The smallest absolute Gasteiger partial charge is 0.334 e. The first-order valence-electron chi connectivity index (χ1n) is 9.96. The van der Waals surface area contributed by atoms with E-state index in [0.29, 0.717) is 17.0 Å². The molecule has 1 aromatic heterocycles. The van der Waals surface area contributed by atoms with Gasteiger partial charge >= 0.3 is 11.9 Å². The van der Waals surface area contributed by atoms with Crippen LogP contribution in [-0.2, 0) is 9.59 Å². The van der Waals surface area contributed by atoms with Crippen LogP contribution in [0.15, 0.2) is 96.2 Å². The minimum Gasteiger partial charge on any atom is -0.478 e. The van der Waals surface area contributed by atoms with Gasteiger partial charge in [-0.25, -0.2) is 14.6 Å². The maximum absolute atomic E-state index is 12.3. The summed E-state index contributed by atoms with van der Waals surface area (Å²) < 4.78 is 1.84. The van der Waals surface area contributed by atoms with Crippen LogP contribution < -0.4 is 5.32 Å². The molecule has 0 saturated heterocycles. The summed E-state index contributed by atoms with van der Waals surface area (Å²) in [5, 5.41) is 22.9. The standard InChI is InChI=1S/C25H21N3O4/c1-16-21(24(29)30)20(12-7-17-5-3-2-4-6-17)22(25(31)32)23(27-16)18-8-10-19(11-9-18)28-14-13-26-15-28/h2-15,20,27H,1H3,(H,29,30)(H,31,32)/b12-7+. The lowest BCUT2D eigenvalue weighted by Gasteiger charge is -2.28. The maximum atomic E-state index is 12.3. The molecule has 7 nitrogen and oxygen atoms in total. The number of benzene rings is 2. The fraction of sp³-hybridized carbons (Fsp3) is 0.0800. The van der Waals surface area contributed by atoms with E-state index < -0.39 is 17.9 Å². The third-order valence-electron chi connectivity index (χ3n) is 5.31. The Morgan fingerprint density at radius 3 is 2.28 bits per heavy atom. The summed E-state index contributed by atoms with van der Waals surface area (Å²) in [6.45, 7) is 1.64. The molecule has 4 rings (SSSR count). The summed E-state index contributed by atoms with van der Waals surface area (Å²) in [5.74, 6) is -3.26. The van der Waals surface area contributed by atoms with Gasteiger partial charge in [-0.15, -0.1) is 0 Å². The van der Waals surface area contributed by atoms with Gasteiger partial charge in [0.05, 0.1) is 23.2 Å². The van der Waals surface area contributed by atoms with Gasteiger partial charge in [0.1, 0.15) is 0 Å². The number of aliphatic carboxylic acids is 2. The van der Waals surface area contributed by atoms with Crippen molar-refractivity contribution in [1.29, 1.82) is 0 Å². The molecule has 0 fully saturated rings. The number of hydrogen-bond donors (Lipinski definition) is 3. The van der Waals surface area contributed by atoms with E-state index in [-0.39, 0.29) is 11.1 Å². The number of carbonyl (C=O) groups is 2. The molecule has 2 aromatic carbocycles. The number of nitrogens with one attached hydrogen (secondary N) is 1. The average Bonchev–Trinajstić information content (AvgIpc) is 3.32. The molecule has 0 aliphatic carbocycles. The quantitative estimate of drug-likeness (QED) is 0.550. The molecule has 0 bridgehead atoms. The van der Waals surface area contributed by atoms with Crippen LogP contribution in [0, 0.1) is 5.92 Å². The summed E-state index contributed by atoms with van der Waals surface area (Å²) in [6.07, 6.45) is 8.53. The second kappa shape index (κ2) is 8.77. The number of allylic oxidation sites excluding steroid dienone is 2. The minimum atomic E-state index is -1.18. The number of hydrogen-bond acceptors (Lipinski definition) is 4. The highest BCUT2D eigenvalue weighted by Gasteiger charge is 2.35. The predicted molar refractivity (Wildman–Crippen MR) is 121 cm³/mol. The molecule has 32 heavy (non-hydrogen) atoms. The average molecular weight is 427 g/mol. The molecular weight excluding hydrogens is 406 g/mol. The van der Waals surface area contributed by atoms with Crippen molar-refractivity contribution in [3.8, 4) is 5.69 Å². The number of carboxylic acids is 2. The molecule has 2 heterocycles. The van der Waals surface area contributed by atoms with Crippen molar-refractivity contribution in [1.82, 2.24) is 14.9 Å². The number of rotatable bonds is 6. The van der Waals surface area contributed by atoms with Crippen molar-refractivity contribution in [3.05, 3.63) is 107 Å². The molecule has 0 amide bonds. The topological polar surface area (TPSA) is 104 Å². The van der Waals surface area contributed by atoms with Crippen LogP contribution >= 0.6 is 0 Å². The Morgan fingerprint density at radius 1 is 1.00 bits per heavy atom. The largest absolute Gasteiger partial charge is 0.478 e. The van der Waals surface area contributed by atoms with Gasteiger partial charge in [0.2, 0.25) is 0 Å². The molecule has 7 heteroatoms. The van der Waals surface area contributed by atoms with Gasteiger partial charge in [-0.3, -0.25) is 0 Å². The summed E-state index contributed by atoms with van der Waals surface area (Å²) in [6, 6.07) is 16.7. The van der Waals surface area contributed by atoms with E-state index in [0.717, 1.165) is 11.3 Å². The first kappa shape index (κ1) is 20.9. The zero-order valence-corrected chi connectivity index (χ0v) is 17.3. The second-order valence-electron chi connectivity index (χ2n) is 7.33. The lowest BCUT2D eigenvalue weighted by Crippen LogP contribution is -2.31. The van der Waals surface area contributed by atoms with Gasteiger partial charge < -0.3 is 20.1 Å². The second-order valence-corrected chi connectivity index (χ2v) is 7.33. The zero-order chi connectivity index (χ0) is 22.7. The Morgan fingerprint density at radius 2 is 1.69 bits per heavy atom. The SMILES string of the molecule is CC1=C(C(=O)O)C(/C=C/c2ccccc2)C(C(=O)O)=C(c2ccc(-n3ccnc3)cc2)N1. The summed E-state index contributed by atoms with van der Waals surface area (Å²) >= 11 is 0. The van der Waals surface area contributed by atoms with E-state index in [4.69, 9.17) is 0 Å². The van der Waals surface area contributed by atoms with Crippen LogP contribution in [0.2, 0.25) is 0 Å². The highest BCUT2D eigenvalue weighted by Crippen LogP contribution is 2.35. The molecule has 1 aliphatic rings. The normalized spacial score (nSPS) is 16.3. The molecule has 160 valence electrons. The fourth-order valence-electron chi connectivity index (χ4n) is 3.79. The summed E-state index contributed by atoms with van der Waals surface area (Å²) in [5.41, 5.74) is 3.14. The Balaban J connectivity index is 1.80. The van der Waals surface area contributed by atoms with Crippen molar-refractivity contribution < 1.29 is 19.8 Å². The van der Waals surface area contributed by atoms with Crippen LogP contribution in [0.25, 0.3) is 17.5 Å². The number of carboxylic acid groups (broad SMARTS) is 2. The van der Waals surface area contributed by atoms with Gasteiger partial charge in [0.15, 0.2) is 0 Å². The van der Waals surface area contributed by atoms with E-state index in [2.05, 4.69) is 10.3 Å². The molecular formula is C25H21N3O4. The van der Waals surface area contributed by atoms with E-state index >= 15 is 0 Å². The molecule has 0 radical (unpaired) electrons. The third-order valence-corrected chi connectivity index (χ3v) is 5.31. The lowest BCUT2D eigenvalue weighted by atomic mass is 9.83. The van der Waals surface area contributed by atoms with E-state index in [1.54, 1.807) is 43.7 Å². The first-order chi connectivity index (χ1) is 15.5. The predicted octanol–water partition coefficient (Wildman–Crippen LogP) is 3.96. The van der Waals surface area contributed by atoms with Crippen LogP contribution in [0.1, 0.15) is 18.1 Å². The lowest BCUT2D eigenvalue weighted by molar-refractivity contribution is -0.133. The zero-order valence-electron chi connectivity index (χ0n) is 17.3. The molecule has 1 aliphatic heterocycles. The van der Waals surface area contributed by atoms with Crippen molar-refractivity contribution in [3.63, 3.8) is 0 Å². The summed E-state index contributed by atoms with van der Waals surface area (Å²) in [4.78, 5) is 28.4. The van der Waals surface area contributed by atoms with Crippen molar-refractivity contribution in [2.75, 3.05) is 0 Å². The Kier molecular flexibility index (Phi) is 5.72. The van der Waals surface area contributed by atoms with Gasteiger partial charge in [-0.1, -0.05) is 54.6 Å². The molecule has 3 aromatic rings. The van der Waals surface area contributed by atoms with Crippen LogP contribution in [0.4, 0.5) is 0 Å². The van der Waals surface area contributed by atoms with Gasteiger partial charge in [-0.05, 0) is 30.2 Å². The third kappa shape index (κ3) is 4.09. The number of aromatic nitrogens is 2. The highest BCUT2D eigenvalue weighted by molar-refractivity contribution is 6.03. The minimum absolute atomic E-state index is 0.00775. The van der Waals surface area contributed by atoms with Gasteiger partial charge in [-0.2, -0.15) is 0 Å². The Bertz CT molecular complexity index is 1240. The molecule has 1 unspecified atom stereocenters. The van der Waals surface area contributed by atoms with Crippen LogP contribution in [0.5, 0.6) is 0 Å². The van der Waals surface area contributed by atoms with Crippen LogP contribution in [-0.4, -0.2) is 31.7 Å². The summed E-state index contributed by atoms with van der Waals surface area (Å²) in [7, 11) is 0. The van der Waals surface area contributed by atoms with E-state index in [1.807, 2.05) is 53.2 Å². The van der Waals surface area contributed by atoms with Gasteiger partial charge in [0, 0.05) is 29.7 Å². The Hall–Kier alpha value is -4.39. The van der Waals surface area contributed by atoms with E-state index in [9.17, 15) is 19.8 Å². The fourth-order valence-corrected chi connectivity index (χ4v) is 3.79. The van der Waals surface area contributed by atoms with Gasteiger partial charge in [0.25, 0.3) is 0 Å². The molecule has 0 saturated carbocycles. The molecule has 3 N–H and O–H groups in total. The number of imidazole rings is 1. The maximum Gasteiger partial charge on any atom is 0.334 e. The highest BCUT2D eigenvalue weighted by atomic mass is 16.4. The van der Waals surface area contributed by atoms with Crippen molar-refractivity contribution >= 4 is 23.7 Å². The monoisotopic (exact) mass is 427 g/mol. The molecule has 0 spiro atoms. The van der Waals surface area contributed by atoms with Crippen molar-refractivity contribution in [2.24, 2.45) is 5.92 Å². The van der Waals surface area contributed by atoms with Crippen LogP contribution in [0.3, 0.4) is 0 Å². The number of nitrogens with zero attached hydrogens (tertiary/aromatic N) is 2. The van der Waals surface area contributed by atoms with E-state index in [1.165, 1.54) is 0 Å². The Labute approximate surface area is 184 Å². The first-order valence-corrected chi connectivity index (χ1v) is 9.96. The number of dihydropyridines is 1.